The highest BCUT2D eigenvalue weighted by Crippen LogP contribution is 2.32. The van der Waals surface area contributed by atoms with Crippen molar-refractivity contribution in [2.24, 2.45) is 0 Å². The van der Waals surface area contributed by atoms with Crippen LogP contribution in [0.25, 0.3) is 0 Å². The molecule has 0 spiro atoms. The first-order chi connectivity index (χ1) is 7.22. The van der Waals surface area contributed by atoms with Gasteiger partial charge in [0.25, 0.3) is 0 Å². The number of ether oxygens (including phenoxy) is 1. The summed E-state index contributed by atoms with van der Waals surface area (Å²) in [5.74, 6) is 1.67. The van der Waals surface area contributed by atoms with Crippen LogP contribution in [-0.4, -0.2) is 20.2 Å². The topological polar surface area (TPSA) is 21.3 Å². The second-order valence-corrected chi connectivity index (χ2v) is 4.37. The molecule has 1 saturated heterocycles. The molecule has 1 atom stereocenters. The van der Waals surface area contributed by atoms with E-state index >= 15 is 0 Å². The predicted octanol–water partition coefficient (Wildman–Crippen LogP) is 2.39. The van der Waals surface area contributed by atoms with Crippen molar-refractivity contribution in [1.29, 1.82) is 0 Å². The average Bonchev–Trinajstić information content (AvgIpc) is 2.74. The number of hydrogen-bond donors (Lipinski definition) is 1. The second-order valence-electron chi connectivity index (χ2n) is 4.37. The summed E-state index contributed by atoms with van der Waals surface area (Å²) in [5.41, 5.74) is 4.03. The van der Waals surface area contributed by atoms with Gasteiger partial charge in [-0.25, -0.2) is 0 Å². The van der Waals surface area contributed by atoms with Gasteiger partial charge in [-0.05, 0) is 49.6 Å². The maximum Gasteiger partial charge on any atom is 0.122 e. The van der Waals surface area contributed by atoms with Crippen molar-refractivity contribution in [2.75, 3.05) is 20.2 Å². The molecule has 0 amide bonds. The summed E-state index contributed by atoms with van der Waals surface area (Å²) in [7, 11) is 1.76. The SMILES string of the molecule is COc1cc(C)c(C)cc1C1CCNC1. The molecule has 1 fully saturated rings. The van der Waals surface area contributed by atoms with Gasteiger partial charge in [-0.1, -0.05) is 6.07 Å². The lowest BCUT2D eigenvalue weighted by Gasteiger charge is -2.16. The van der Waals surface area contributed by atoms with Crippen LogP contribution in [0.5, 0.6) is 5.75 Å². The Labute approximate surface area is 91.6 Å². The molecule has 15 heavy (non-hydrogen) atoms. The fourth-order valence-electron chi connectivity index (χ4n) is 2.23. The third-order valence-corrected chi connectivity index (χ3v) is 3.35. The summed E-state index contributed by atoms with van der Waals surface area (Å²) in [5, 5.41) is 3.40. The Morgan fingerprint density at radius 3 is 2.60 bits per heavy atom. The van der Waals surface area contributed by atoms with Crippen LogP contribution in [0.3, 0.4) is 0 Å². The molecule has 1 aliphatic rings. The van der Waals surface area contributed by atoms with Gasteiger partial charge in [0.05, 0.1) is 7.11 Å². The van der Waals surface area contributed by atoms with Gasteiger partial charge in [0.2, 0.25) is 0 Å². The van der Waals surface area contributed by atoms with E-state index in [1.54, 1.807) is 7.11 Å². The van der Waals surface area contributed by atoms with Gasteiger partial charge < -0.3 is 10.1 Å². The van der Waals surface area contributed by atoms with E-state index in [0.717, 1.165) is 18.8 Å². The second kappa shape index (κ2) is 4.23. The maximum atomic E-state index is 5.47. The van der Waals surface area contributed by atoms with Gasteiger partial charge in [-0.15, -0.1) is 0 Å². The monoisotopic (exact) mass is 205 g/mol. The molecular weight excluding hydrogens is 186 g/mol. The molecule has 1 unspecified atom stereocenters. The molecule has 0 bridgehead atoms. The molecule has 2 rings (SSSR count). The summed E-state index contributed by atoms with van der Waals surface area (Å²) in [6.45, 7) is 6.51. The zero-order valence-corrected chi connectivity index (χ0v) is 9.76. The van der Waals surface area contributed by atoms with E-state index in [9.17, 15) is 0 Å². The highest BCUT2D eigenvalue weighted by molar-refractivity contribution is 5.44. The van der Waals surface area contributed by atoms with Crippen LogP contribution in [0, 0.1) is 13.8 Å². The van der Waals surface area contributed by atoms with E-state index < -0.39 is 0 Å². The standard InChI is InChI=1S/C13H19NO/c1-9-6-12(11-4-5-14-8-11)13(15-3)7-10(9)2/h6-7,11,14H,4-5,8H2,1-3H3. The Morgan fingerprint density at radius 1 is 1.27 bits per heavy atom. The first kappa shape index (κ1) is 10.5. The van der Waals surface area contributed by atoms with Crippen LogP contribution in [0.4, 0.5) is 0 Å². The third-order valence-electron chi connectivity index (χ3n) is 3.35. The molecule has 1 heterocycles. The van der Waals surface area contributed by atoms with Crippen molar-refractivity contribution < 1.29 is 4.74 Å². The Balaban J connectivity index is 2.39. The first-order valence-electron chi connectivity index (χ1n) is 5.58. The first-order valence-corrected chi connectivity index (χ1v) is 5.58. The molecule has 1 aromatic carbocycles. The maximum absolute atomic E-state index is 5.47. The highest BCUT2D eigenvalue weighted by Gasteiger charge is 2.20. The largest absolute Gasteiger partial charge is 0.496 e. The fraction of sp³-hybridized carbons (Fsp3) is 0.538. The molecule has 0 aliphatic carbocycles. The Bertz CT molecular complexity index is 354. The van der Waals surface area contributed by atoms with Crippen molar-refractivity contribution in [3.63, 3.8) is 0 Å². The predicted molar refractivity (Wildman–Crippen MR) is 62.7 cm³/mol. The zero-order valence-electron chi connectivity index (χ0n) is 9.76. The summed E-state index contributed by atoms with van der Waals surface area (Å²) in [4.78, 5) is 0. The lowest BCUT2D eigenvalue weighted by atomic mass is 9.94. The Hall–Kier alpha value is -1.02. The summed E-state index contributed by atoms with van der Waals surface area (Å²) in [6, 6.07) is 4.44. The quantitative estimate of drug-likeness (QED) is 0.800. The molecule has 1 aromatic rings. The van der Waals surface area contributed by atoms with Crippen LogP contribution in [0.15, 0.2) is 12.1 Å². The van der Waals surface area contributed by atoms with E-state index in [2.05, 4.69) is 31.3 Å². The van der Waals surface area contributed by atoms with Gasteiger partial charge in [0, 0.05) is 12.5 Å². The van der Waals surface area contributed by atoms with Crippen LogP contribution < -0.4 is 10.1 Å². The lowest BCUT2D eigenvalue weighted by Crippen LogP contribution is -2.09. The van der Waals surface area contributed by atoms with E-state index in [-0.39, 0.29) is 0 Å². The lowest BCUT2D eigenvalue weighted by molar-refractivity contribution is 0.406. The van der Waals surface area contributed by atoms with E-state index in [1.165, 1.54) is 23.1 Å². The number of methoxy groups -OCH3 is 1. The minimum absolute atomic E-state index is 0.624. The number of nitrogens with one attached hydrogen (secondary N) is 1. The smallest absolute Gasteiger partial charge is 0.122 e. The molecule has 82 valence electrons. The summed E-state index contributed by atoms with van der Waals surface area (Å²) in [6.07, 6.45) is 1.22. The van der Waals surface area contributed by atoms with Gasteiger partial charge >= 0.3 is 0 Å². The molecule has 0 saturated carbocycles. The number of aryl methyl sites for hydroxylation is 2. The van der Waals surface area contributed by atoms with Crippen molar-refractivity contribution >= 4 is 0 Å². The van der Waals surface area contributed by atoms with E-state index in [4.69, 9.17) is 4.74 Å². The van der Waals surface area contributed by atoms with Crippen LogP contribution in [0.1, 0.15) is 29.0 Å². The van der Waals surface area contributed by atoms with Gasteiger partial charge in [0.1, 0.15) is 5.75 Å². The molecule has 2 heteroatoms. The molecule has 2 nitrogen and oxygen atoms in total. The molecular formula is C13H19NO. The minimum Gasteiger partial charge on any atom is -0.496 e. The highest BCUT2D eigenvalue weighted by atomic mass is 16.5. The molecule has 1 N–H and O–H groups in total. The molecule has 0 radical (unpaired) electrons. The van der Waals surface area contributed by atoms with Gasteiger partial charge in [0.15, 0.2) is 0 Å². The van der Waals surface area contributed by atoms with Gasteiger partial charge in [-0.2, -0.15) is 0 Å². The minimum atomic E-state index is 0.624. The summed E-state index contributed by atoms with van der Waals surface area (Å²) >= 11 is 0. The summed E-state index contributed by atoms with van der Waals surface area (Å²) < 4.78 is 5.47. The van der Waals surface area contributed by atoms with Crippen LogP contribution in [-0.2, 0) is 0 Å². The Kier molecular flexibility index (Phi) is 2.96. The van der Waals surface area contributed by atoms with Crippen LogP contribution >= 0.6 is 0 Å². The van der Waals surface area contributed by atoms with Crippen molar-refractivity contribution in [1.82, 2.24) is 5.32 Å². The normalized spacial score (nSPS) is 20.6. The molecule has 0 aromatic heterocycles. The van der Waals surface area contributed by atoms with Crippen LogP contribution in [0.2, 0.25) is 0 Å². The Morgan fingerprint density at radius 2 is 2.00 bits per heavy atom. The van der Waals surface area contributed by atoms with E-state index in [0.29, 0.717) is 5.92 Å². The van der Waals surface area contributed by atoms with Crippen molar-refractivity contribution in [3.8, 4) is 5.75 Å². The van der Waals surface area contributed by atoms with Gasteiger partial charge in [-0.3, -0.25) is 0 Å². The fourth-order valence-corrected chi connectivity index (χ4v) is 2.23. The van der Waals surface area contributed by atoms with Crippen molar-refractivity contribution in [2.45, 2.75) is 26.2 Å². The number of hydrogen-bond acceptors (Lipinski definition) is 2. The van der Waals surface area contributed by atoms with E-state index in [1.807, 2.05) is 0 Å². The van der Waals surface area contributed by atoms with Crippen molar-refractivity contribution in [3.05, 3.63) is 28.8 Å². The number of rotatable bonds is 2. The molecule has 1 aliphatic heterocycles. The zero-order chi connectivity index (χ0) is 10.8. The number of benzene rings is 1. The average molecular weight is 205 g/mol. The third kappa shape index (κ3) is 2.00.